The molecule has 2 aliphatic rings. The van der Waals surface area contributed by atoms with Crippen LogP contribution in [0.4, 0.5) is 0 Å². The van der Waals surface area contributed by atoms with Crippen LogP contribution in [-0.4, -0.2) is 56.7 Å². The first-order valence-corrected chi connectivity index (χ1v) is 7.21. The summed E-state index contributed by atoms with van der Waals surface area (Å²) in [5.41, 5.74) is 0.608. The van der Waals surface area contributed by atoms with Crippen LogP contribution < -0.4 is 0 Å². The maximum Gasteiger partial charge on any atom is 0.356 e. The molecule has 7 heteroatoms. The Bertz CT molecular complexity index is 595. The number of hydrogen-bond acceptors (Lipinski definition) is 4. The third-order valence-electron chi connectivity index (χ3n) is 4.55. The van der Waals surface area contributed by atoms with Gasteiger partial charge in [-0.05, 0) is 26.4 Å². The summed E-state index contributed by atoms with van der Waals surface area (Å²) in [7, 11) is 2.04. The van der Waals surface area contributed by atoms with Crippen molar-refractivity contribution in [2.75, 3.05) is 20.1 Å². The Balaban J connectivity index is 1.99. The van der Waals surface area contributed by atoms with Crippen molar-refractivity contribution in [3.8, 4) is 0 Å². The predicted octanol–water partition coefficient (Wildman–Crippen LogP) is 0.647. The van der Waals surface area contributed by atoms with E-state index in [-0.39, 0.29) is 18.0 Å². The molecular formula is C14H19N3O4. The van der Waals surface area contributed by atoms with Gasteiger partial charge in [-0.2, -0.15) is 0 Å². The molecule has 1 aromatic heterocycles. The summed E-state index contributed by atoms with van der Waals surface area (Å²) >= 11 is 0. The lowest BCUT2D eigenvalue weighted by molar-refractivity contribution is -0.142. The summed E-state index contributed by atoms with van der Waals surface area (Å²) in [6.45, 7) is 2.40. The van der Waals surface area contributed by atoms with E-state index in [1.54, 1.807) is 0 Å². The van der Waals surface area contributed by atoms with Crippen LogP contribution in [0.15, 0.2) is 0 Å². The van der Waals surface area contributed by atoms with E-state index in [1.807, 2.05) is 11.6 Å². The lowest BCUT2D eigenvalue weighted by Crippen LogP contribution is -2.27. The van der Waals surface area contributed by atoms with Gasteiger partial charge in [0.15, 0.2) is 5.69 Å². The van der Waals surface area contributed by atoms with Crippen LogP contribution in [0, 0.1) is 5.92 Å². The van der Waals surface area contributed by atoms with Crippen LogP contribution in [0.2, 0.25) is 0 Å². The molecule has 2 unspecified atom stereocenters. The molecule has 0 saturated carbocycles. The van der Waals surface area contributed by atoms with E-state index in [0.29, 0.717) is 18.7 Å². The molecule has 0 spiro atoms. The van der Waals surface area contributed by atoms with E-state index in [2.05, 4.69) is 9.88 Å². The highest BCUT2D eigenvalue weighted by Gasteiger charge is 2.34. The van der Waals surface area contributed by atoms with Gasteiger partial charge in [0.1, 0.15) is 5.82 Å². The zero-order valence-electron chi connectivity index (χ0n) is 11.9. The lowest BCUT2D eigenvalue weighted by Gasteiger charge is -2.23. The van der Waals surface area contributed by atoms with E-state index >= 15 is 0 Å². The fourth-order valence-electron chi connectivity index (χ4n) is 3.42. The molecule has 3 heterocycles. The number of carboxylic acid groups (broad SMARTS) is 2. The molecular weight excluding hydrogens is 274 g/mol. The van der Waals surface area contributed by atoms with Crippen molar-refractivity contribution in [3.05, 3.63) is 17.2 Å². The first-order valence-electron chi connectivity index (χ1n) is 7.21. The van der Waals surface area contributed by atoms with E-state index < -0.39 is 17.9 Å². The van der Waals surface area contributed by atoms with Gasteiger partial charge in [-0.3, -0.25) is 4.79 Å². The Morgan fingerprint density at radius 3 is 2.57 bits per heavy atom. The maximum absolute atomic E-state index is 11.4. The van der Waals surface area contributed by atoms with E-state index in [1.165, 1.54) is 0 Å². The molecule has 21 heavy (non-hydrogen) atoms. The Labute approximate surface area is 122 Å². The number of aromatic nitrogens is 2. The fraction of sp³-hybridized carbons (Fsp3) is 0.643. The molecule has 0 bridgehead atoms. The summed E-state index contributed by atoms with van der Waals surface area (Å²) < 4.78 is 1.95. The topological polar surface area (TPSA) is 95.7 Å². The van der Waals surface area contributed by atoms with Crippen LogP contribution in [0.5, 0.6) is 0 Å². The summed E-state index contributed by atoms with van der Waals surface area (Å²) in [5.74, 6) is -1.38. The number of rotatable bonds is 3. The Morgan fingerprint density at radius 1 is 1.24 bits per heavy atom. The second kappa shape index (κ2) is 5.14. The number of nitrogens with zero attached hydrogens (tertiary/aromatic N) is 3. The predicted molar refractivity (Wildman–Crippen MR) is 73.5 cm³/mol. The minimum absolute atomic E-state index is 0.0329. The number of imidazole rings is 1. The molecule has 1 saturated heterocycles. The summed E-state index contributed by atoms with van der Waals surface area (Å²) in [6, 6.07) is 0. The zero-order chi connectivity index (χ0) is 15.1. The number of aromatic carboxylic acids is 1. The second-order valence-electron chi connectivity index (χ2n) is 6.00. The quantitative estimate of drug-likeness (QED) is 0.849. The smallest absolute Gasteiger partial charge is 0.356 e. The molecule has 3 rings (SSSR count). The van der Waals surface area contributed by atoms with Gasteiger partial charge in [0.05, 0.1) is 11.6 Å². The number of carbonyl (C=O) groups is 2. The van der Waals surface area contributed by atoms with Gasteiger partial charge in [-0.1, -0.05) is 0 Å². The van der Waals surface area contributed by atoms with E-state index in [4.69, 9.17) is 5.11 Å². The molecule has 2 aliphatic heterocycles. The number of likely N-dealkylation sites (tertiary alicyclic amines) is 1. The first kappa shape index (κ1) is 14.1. The third kappa shape index (κ3) is 2.42. The monoisotopic (exact) mass is 293 g/mol. The highest BCUT2D eigenvalue weighted by atomic mass is 16.4. The van der Waals surface area contributed by atoms with Crippen molar-refractivity contribution in [3.63, 3.8) is 0 Å². The summed E-state index contributed by atoms with van der Waals surface area (Å²) in [5, 5.41) is 18.5. The molecule has 1 fully saturated rings. The van der Waals surface area contributed by atoms with Gasteiger partial charge in [0, 0.05) is 25.4 Å². The molecule has 0 aliphatic carbocycles. The van der Waals surface area contributed by atoms with Gasteiger partial charge in [-0.15, -0.1) is 0 Å². The number of aliphatic carboxylic acids is 1. The third-order valence-corrected chi connectivity index (χ3v) is 4.55. The molecule has 0 amide bonds. The van der Waals surface area contributed by atoms with Crippen molar-refractivity contribution >= 4 is 11.9 Å². The Morgan fingerprint density at radius 2 is 2.00 bits per heavy atom. The van der Waals surface area contributed by atoms with Gasteiger partial charge < -0.3 is 19.7 Å². The minimum Gasteiger partial charge on any atom is -0.481 e. The minimum atomic E-state index is -1.07. The Hall–Kier alpha value is -1.89. The SMILES string of the molecule is CN1CCC(c2nc(C(=O)O)c3n2CCC(C(=O)O)C3)C1. The molecule has 114 valence electrons. The summed E-state index contributed by atoms with van der Waals surface area (Å²) in [4.78, 5) is 29.1. The molecule has 2 N–H and O–H groups in total. The second-order valence-corrected chi connectivity index (χ2v) is 6.00. The van der Waals surface area contributed by atoms with Crippen molar-refractivity contribution in [1.29, 1.82) is 0 Å². The van der Waals surface area contributed by atoms with Gasteiger partial charge >= 0.3 is 11.9 Å². The molecule has 2 atom stereocenters. The number of likely N-dealkylation sites (N-methyl/N-ethyl adjacent to an activating group) is 1. The average molecular weight is 293 g/mol. The lowest BCUT2D eigenvalue weighted by atomic mass is 9.95. The fourth-order valence-corrected chi connectivity index (χ4v) is 3.42. The number of fused-ring (bicyclic) bond motifs is 1. The van der Waals surface area contributed by atoms with Crippen LogP contribution in [0.25, 0.3) is 0 Å². The average Bonchev–Trinajstić information content (AvgIpc) is 3.01. The zero-order valence-corrected chi connectivity index (χ0v) is 11.9. The molecule has 7 nitrogen and oxygen atoms in total. The van der Waals surface area contributed by atoms with Crippen molar-refractivity contribution in [1.82, 2.24) is 14.5 Å². The van der Waals surface area contributed by atoms with Gasteiger partial charge in [0.25, 0.3) is 0 Å². The van der Waals surface area contributed by atoms with E-state index in [0.717, 1.165) is 25.3 Å². The van der Waals surface area contributed by atoms with Crippen molar-refractivity contribution in [2.45, 2.75) is 31.7 Å². The summed E-state index contributed by atoms with van der Waals surface area (Å²) in [6.07, 6.45) is 1.76. The standard InChI is InChI=1S/C14H19N3O4/c1-16-4-2-9(7-16)12-15-11(14(20)21)10-6-8(13(18)19)3-5-17(10)12/h8-9H,2-7H2,1H3,(H,18,19)(H,20,21). The Kier molecular flexibility index (Phi) is 3.44. The van der Waals surface area contributed by atoms with E-state index in [9.17, 15) is 14.7 Å². The molecule has 0 radical (unpaired) electrons. The van der Waals surface area contributed by atoms with Crippen LogP contribution in [-0.2, 0) is 17.8 Å². The van der Waals surface area contributed by atoms with Crippen LogP contribution >= 0.6 is 0 Å². The van der Waals surface area contributed by atoms with Crippen LogP contribution in [0.3, 0.4) is 0 Å². The number of hydrogen-bond donors (Lipinski definition) is 2. The highest BCUT2D eigenvalue weighted by molar-refractivity contribution is 5.87. The van der Waals surface area contributed by atoms with Gasteiger partial charge in [-0.25, -0.2) is 9.78 Å². The first-order chi connectivity index (χ1) is 9.97. The highest BCUT2D eigenvalue weighted by Crippen LogP contribution is 2.32. The molecule has 1 aromatic rings. The van der Waals surface area contributed by atoms with Gasteiger partial charge in [0.2, 0.25) is 0 Å². The maximum atomic E-state index is 11.4. The normalized spacial score (nSPS) is 25.8. The van der Waals surface area contributed by atoms with Crippen LogP contribution in [0.1, 0.15) is 40.8 Å². The van der Waals surface area contributed by atoms with Crippen molar-refractivity contribution in [2.24, 2.45) is 5.92 Å². The van der Waals surface area contributed by atoms with Crippen molar-refractivity contribution < 1.29 is 19.8 Å². The number of carboxylic acids is 2. The molecule has 0 aromatic carbocycles. The largest absolute Gasteiger partial charge is 0.481 e.